The zero-order valence-corrected chi connectivity index (χ0v) is 38.7. The van der Waals surface area contributed by atoms with Gasteiger partial charge in [0.15, 0.2) is 0 Å². The van der Waals surface area contributed by atoms with Gasteiger partial charge in [0, 0.05) is 38.8 Å². The Morgan fingerprint density at radius 3 is 0.926 bits per heavy atom. The molecule has 6 nitrogen and oxygen atoms in total. The monoisotopic (exact) mass is 807 g/mol. The van der Waals surface area contributed by atoms with E-state index in [4.69, 9.17) is 0 Å². The predicted octanol–water partition coefficient (Wildman–Crippen LogP) is 3.58. The van der Waals surface area contributed by atoms with Gasteiger partial charge in [-0.15, -0.1) is 0 Å². The van der Waals surface area contributed by atoms with Gasteiger partial charge >= 0.3 is 0 Å². The Hall–Kier alpha value is -0.820. The van der Waals surface area contributed by atoms with Crippen LogP contribution in [0.5, 0.6) is 0 Å². The van der Waals surface area contributed by atoms with E-state index < -0.39 is 0 Å². The summed E-state index contributed by atoms with van der Waals surface area (Å²) in [4.78, 5) is 26.3. The highest BCUT2D eigenvalue weighted by Crippen LogP contribution is 2.14. The Balaban J connectivity index is -0.000000446. The second kappa shape index (κ2) is 52.2. The minimum absolute atomic E-state index is 0. The van der Waals surface area contributed by atoms with Gasteiger partial charge in [0.1, 0.15) is 0 Å². The van der Waals surface area contributed by atoms with Crippen molar-refractivity contribution in [2.75, 3.05) is 54.4 Å². The first-order valence-electron chi connectivity index (χ1n) is 23.1. The fourth-order valence-electron chi connectivity index (χ4n) is 6.53. The average molecular weight is 808 g/mol. The SMILES string of the molecule is CCCCCCCC/C=C\CCCCCCCC(=O)NCCC[NH+](C)C.CCCCCCCCCCCCCCCCCC(=O)NCCC[NH+](C)C.[Cl-].[Cl-]. The number of carbonyl (C=O) groups excluding carboxylic acids is 2. The van der Waals surface area contributed by atoms with Gasteiger partial charge in [-0.25, -0.2) is 0 Å². The van der Waals surface area contributed by atoms with Crippen LogP contribution < -0.4 is 45.2 Å². The van der Waals surface area contributed by atoms with Gasteiger partial charge in [0.2, 0.25) is 11.8 Å². The van der Waals surface area contributed by atoms with Crippen molar-refractivity contribution in [2.24, 2.45) is 0 Å². The van der Waals surface area contributed by atoms with Crippen LogP contribution in [-0.2, 0) is 9.59 Å². The number of hydrogen-bond acceptors (Lipinski definition) is 2. The molecule has 8 heteroatoms. The zero-order valence-electron chi connectivity index (χ0n) is 37.2. The number of allylic oxidation sites excluding steroid dienone is 2. The third-order valence-corrected chi connectivity index (χ3v) is 10.0. The van der Waals surface area contributed by atoms with Crippen LogP contribution in [-0.4, -0.2) is 66.2 Å². The Bertz CT molecular complexity index is 752. The molecule has 0 aromatic rings. The van der Waals surface area contributed by atoms with Crippen molar-refractivity contribution in [3.63, 3.8) is 0 Å². The Morgan fingerprint density at radius 1 is 0.389 bits per heavy atom. The smallest absolute Gasteiger partial charge is 0.219 e. The van der Waals surface area contributed by atoms with Gasteiger partial charge in [-0.05, 0) is 38.5 Å². The van der Waals surface area contributed by atoms with Crippen LogP contribution in [0, 0.1) is 0 Å². The molecule has 326 valence electrons. The number of halogens is 2. The van der Waals surface area contributed by atoms with Gasteiger partial charge in [-0.1, -0.05) is 167 Å². The predicted molar refractivity (Wildman–Crippen MR) is 230 cm³/mol. The van der Waals surface area contributed by atoms with E-state index in [1.165, 1.54) is 177 Å². The quantitative estimate of drug-likeness (QED) is 0.0568. The molecule has 0 rings (SSSR count). The van der Waals surface area contributed by atoms with Crippen LogP contribution in [0.25, 0.3) is 0 Å². The van der Waals surface area contributed by atoms with E-state index in [-0.39, 0.29) is 36.6 Å². The fourth-order valence-corrected chi connectivity index (χ4v) is 6.53. The maximum absolute atomic E-state index is 11.7. The van der Waals surface area contributed by atoms with E-state index in [1.54, 1.807) is 0 Å². The zero-order chi connectivity index (χ0) is 38.6. The first-order valence-corrected chi connectivity index (χ1v) is 23.1. The molecule has 0 saturated carbocycles. The molecule has 0 aliphatic rings. The second-order valence-electron chi connectivity index (χ2n) is 16.4. The van der Waals surface area contributed by atoms with Gasteiger partial charge in [0.05, 0.1) is 41.3 Å². The number of amides is 2. The lowest BCUT2D eigenvalue weighted by Crippen LogP contribution is -3.05. The highest BCUT2D eigenvalue weighted by molar-refractivity contribution is 5.76. The summed E-state index contributed by atoms with van der Waals surface area (Å²) >= 11 is 0. The van der Waals surface area contributed by atoms with E-state index in [0.29, 0.717) is 12.8 Å². The molecule has 0 saturated heterocycles. The van der Waals surface area contributed by atoms with Crippen molar-refractivity contribution in [3.8, 4) is 0 Å². The summed E-state index contributed by atoms with van der Waals surface area (Å²) in [6.07, 6.45) is 45.8. The van der Waals surface area contributed by atoms with Crippen molar-refractivity contribution in [1.29, 1.82) is 0 Å². The van der Waals surface area contributed by atoms with Gasteiger partial charge in [0.25, 0.3) is 0 Å². The Labute approximate surface area is 351 Å². The number of hydrogen-bond donors (Lipinski definition) is 4. The molecular formula is C46H96Cl2N4O2. The lowest BCUT2D eigenvalue weighted by molar-refractivity contribution is -0.858. The molecule has 4 N–H and O–H groups in total. The molecule has 0 aromatic heterocycles. The standard InChI is InChI=1S/C23H48N2O.C23H46N2O.2ClH/c2*1-4-5-6-7-8-9-10-11-12-13-14-15-16-17-18-20-23(26)24-21-19-22-25(2)3;;/h4-22H2,1-3H3,(H,24,26);11-12H,4-10,13-22H2,1-3H3,(H,24,26);2*1H/b;12-11-;;. The van der Waals surface area contributed by atoms with Gasteiger partial charge in [-0.3, -0.25) is 9.59 Å². The number of rotatable bonds is 39. The highest BCUT2D eigenvalue weighted by atomic mass is 35.5. The lowest BCUT2D eigenvalue weighted by Gasteiger charge is -2.08. The maximum Gasteiger partial charge on any atom is 0.219 e. The molecule has 0 aromatic carbocycles. The molecule has 0 aliphatic heterocycles. The van der Waals surface area contributed by atoms with E-state index in [9.17, 15) is 9.59 Å². The lowest BCUT2D eigenvalue weighted by atomic mass is 10.0. The van der Waals surface area contributed by atoms with Crippen LogP contribution in [0.1, 0.15) is 219 Å². The van der Waals surface area contributed by atoms with E-state index in [2.05, 4.69) is 64.8 Å². The highest BCUT2D eigenvalue weighted by Gasteiger charge is 2.03. The van der Waals surface area contributed by atoms with E-state index in [0.717, 1.165) is 51.9 Å². The van der Waals surface area contributed by atoms with Crippen LogP contribution in [0.15, 0.2) is 12.2 Å². The summed E-state index contributed by atoms with van der Waals surface area (Å²) in [5.74, 6) is 0.477. The fraction of sp³-hybridized carbons (Fsp3) is 0.913. The van der Waals surface area contributed by atoms with Crippen LogP contribution >= 0.6 is 0 Å². The van der Waals surface area contributed by atoms with E-state index >= 15 is 0 Å². The van der Waals surface area contributed by atoms with Crippen molar-refractivity contribution in [1.82, 2.24) is 10.6 Å². The number of nitrogens with one attached hydrogen (secondary N) is 4. The van der Waals surface area contributed by atoms with Crippen molar-refractivity contribution in [3.05, 3.63) is 12.2 Å². The second-order valence-corrected chi connectivity index (χ2v) is 16.4. The van der Waals surface area contributed by atoms with Crippen molar-refractivity contribution < 1.29 is 44.2 Å². The summed E-state index contributed by atoms with van der Waals surface area (Å²) in [6, 6.07) is 0. The molecular weight excluding hydrogens is 711 g/mol. The summed E-state index contributed by atoms with van der Waals surface area (Å²) in [6.45, 7) is 8.46. The minimum atomic E-state index is 0. The summed E-state index contributed by atoms with van der Waals surface area (Å²) in [5.41, 5.74) is 0. The first-order chi connectivity index (χ1) is 25.3. The number of carbonyl (C=O) groups is 2. The van der Waals surface area contributed by atoms with Crippen LogP contribution in [0.3, 0.4) is 0 Å². The Kier molecular flexibility index (Phi) is 57.8. The molecule has 0 unspecified atom stereocenters. The average Bonchev–Trinajstić information content (AvgIpc) is 3.12. The maximum atomic E-state index is 11.7. The molecule has 0 bridgehead atoms. The molecule has 2 amide bonds. The molecule has 0 atom stereocenters. The Morgan fingerprint density at radius 2 is 0.648 bits per heavy atom. The molecule has 0 heterocycles. The molecule has 54 heavy (non-hydrogen) atoms. The summed E-state index contributed by atoms with van der Waals surface area (Å²) in [5, 5.41) is 6.06. The molecule has 0 aliphatic carbocycles. The molecule has 0 radical (unpaired) electrons. The summed E-state index contributed by atoms with van der Waals surface area (Å²) in [7, 11) is 8.59. The van der Waals surface area contributed by atoms with Crippen molar-refractivity contribution in [2.45, 2.75) is 219 Å². The number of unbranched alkanes of at least 4 members (excludes halogenated alkanes) is 25. The van der Waals surface area contributed by atoms with E-state index in [1.807, 2.05) is 0 Å². The van der Waals surface area contributed by atoms with Crippen molar-refractivity contribution >= 4 is 11.8 Å². The first kappa shape index (κ1) is 59.9. The third kappa shape index (κ3) is 57.9. The van der Waals surface area contributed by atoms with Crippen LogP contribution in [0.2, 0.25) is 0 Å². The van der Waals surface area contributed by atoms with Gasteiger partial charge < -0.3 is 45.2 Å². The van der Waals surface area contributed by atoms with Gasteiger partial charge in [-0.2, -0.15) is 0 Å². The largest absolute Gasteiger partial charge is 1.00 e. The molecule has 0 fully saturated rings. The third-order valence-electron chi connectivity index (χ3n) is 10.0. The topological polar surface area (TPSA) is 67.1 Å². The normalized spacial score (nSPS) is 11.0. The van der Waals surface area contributed by atoms with Crippen LogP contribution in [0.4, 0.5) is 0 Å². The molecule has 0 spiro atoms. The number of quaternary nitrogens is 2. The summed E-state index contributed by atoms with van der Waals surface area (Å²) < 4.78 is 0. The minimum Gasteiger partial charge on any atom is -1.00 e.